The van der Waals surface area contributed by atoms with Crippen LogP contribution in [0.1, 0.15) is 27.2 Å². The second kappa shape index (κ2) is 7.07. The molecule has 0 saturated carbocycles. The summed E-state index contributed by atoms with van der Waals surface area (Å²) in [6.07, 6.45) is 0.742. The fourth-order valence-corrected chi connectivity index (χ4v) is 2.19. The lowest BCUT2D eigenvalue weighted by Crippen LogP contribution is -2.56. The van der Waals surface area contributed by atoms with Gasteiger partial charge in [0.25, 0.3) is 0 Å². The molecule has 0 spiro atoms. The number of morpholine rings is 1. The molecule has 0 aliphatic carbocycles. The molecule has 0 aromatic carbocycles. The Labute approximate surface area is 110 Å². The number of methoxy groups -OCH3 is 1. The summed E-state index contributed by atoms with van der Waals surface area (Å²) in [5.74, 6) is -0.185. The monoisotopic (exact) mass is 258 g/mol. The molecule has 1 aliphatic rings. The quantitative estimate of drug-likeness (QED) is 0.709. The van der Waals surface area contributed by atoms with Crippen LogP contribution in [0, 0.1) is 0 Å². The van der Waals surface area contributed by atoms with Gasteiger partial charge in [-0.25, -0.2) is 0 Å². The van der Waals surface area contributed by atoms with E-state index in [1.165, 1.54) is 7.11 Å². The van der Waals surface area contributed by atoms with Gasteiger partial charge in [0, 0.05) is 25.2 Å². The molecular formula is C13H26N2O3. The molecule has 106 valence electrons. The molecule has 1 N–H and O–H groups in total. The van der Waals surface area contributed by atoms with Crippen LogP contribution in [-0.2, 0) is 14.3 Å². The van der Waals surface area contributed by atoms with Crippen molar-refractivity contribution in [2.24, 2.45) is 0 Å². The van der Waals surface area contributed by atoms with E-state index in [0.29, 0.717) is 0 Å². The molecule has 5 nitrogen and oxygen atoms in total. The fraction of sp³-hybridized carbons (Fsp3) is 0.923. The third-order valence-corrected chi connectivity index (χ3v) is 3.54. The van der Waals surface area contributed by atoms with Crippen LogP contribution in [0.15, 0.2) is 0 Å². The van der Waals surface area contributed by atoms with Crippen molar-refractivity contribution >= 4 is 5.97 Å². The van der Waals surface area contributed by atoms with E-state index in [1.54, 1.807) is 0 Å². The van der Waals surface area contributed by atoms with Crippen molar-refractivity contribution in [3.05, 3.63) is 0 Å². The smallest absolute Gasteiger partial charge is 0.322 e. The summed E-state index contributed by atoms with van der Waals surface area (Å²) in [5, 5.41) is 3.30. The molecule has 1 rings (SSSR count). The first kappa shape index (κ1) is 15.4. The molecule has 1 fully saturated rings. The predicted molar refractivity (Wildman–Crippen MR) is 70.6 cm³/mol. The lowest BCUT2D eigenvalue weighted by Gasteiger charge is -2.41. The summed E-state index contributed by atoms with van der Waals surface area (Å²) in [6.45, 7) is 10.6. The fourth-order valence-electron chi connectivity index (χ4n) is 2.19. The number of esters is 1. The van der Waals surface area contributed by atoms with Crippen molar-refractivity contribution in [3.63, 3.8) is 0 Å². The summed E-state index contributed by atoms with van der Waals surface area (Å²) < 4.78 is 10.1. The van der Waals surface area contributed by atoms with Crippen LogP contribution in [0.4, 0.5) is 0 Å². The van der Waals surface area contributed by atoms with E-state index < -0.39 is 0 Å². The van der Waals surface area contributed by atoms with Gasteiger partial charge in [0.2, 0.25) is 0 Å². The maximum Gasteiger partial charge on any atom is 0.322 e. The zero-order valence-electron chi connectivity index (χ0n) is 12.0. The topological polar surface area (TPSA) is 50.8 Å². The van der Waals surface area contributed by atoms with Gasteiger partial charge in [-0.3, -0.25) is 9.69 Å². The van der Waals surface area contributed by atoms with Crippen molar-refractivity contribution in [3.8, 4) is 0 Å². The number of hydrogen-bond donors (Lipinski definition) is 1. The van der Waals surface area contributed by atoms with Gasteiger partial charge in [-0.15, -0.1) is 0 Å². The van der Waals surface area contributed by atoms with Crippen LogP contribution >= 0.6 is 0 Å². The Morgan fingerprint density at radius 2 is 2.06 bits per heavy atom. The zero-order valence-corrected chi connectivity index (χ0v) is 12.0. The van der Waals surface area contributed by atoms with Crippen molar-refractivity contribution < 1.29 is 14.3 Å². The van der Waals surface area contributed by atoms with E-state index >= 15 is 0 Å². The minimum absolute atomic E-state index is 0.0191. The second-order valence-electron chi connectivity index (χ2n) is 5.28. The van der Waals surface area contributed by atoms with E-state index in [2.05, 4.69) is 24.1 Å². The highest BCUT2D eigenvalue weighted by molar-refractivity contribution is 5.75. The van der Waals surface area contributed by atoms with Crippen molar-refractivity contribution in [1.82, 2.24) is 10.2 Å². The van der Waals surface area contributed by atoms with E-state index in [-0.39, 0.29) is 17.6 Å². The van der Waals surface area contributed by atoms with Crippen LogP contribution in [0.5, 0.6) is 0 Å². The maximum atomic E-state index is 11.5. The molecule has 1 saturated heterocycles. The first-order valence-corrected chi connectivity index (χ1v) is 6.65. The first-order valence-electron chi connectivity index (χ1n) is 6.65. The Kier molecular flexibility index (Phi) is 6.05. The number of ether oxygens (including phenoxy) is 2. The van der Waals surface area contributed by atoms with Gasteiger partial charge in [0.15, 0.2) is 0 Å². The van der Waals surface area contributed by atoms with Crippen LogP contribution in [-0.4, -0.2) is 62.4 Å². The summed E-state index contributed by atoms with van der Waals surface area (Å²) in [6, 6.07) is -0.213. The average molecular weight is 258 g/mol. The highest BCUT2D eigenvalue weighted by Crippen LogP contribution is 2.15. The lowest BCUT2D eigenvalue weighted by molar-refractivity contribution is -0.143. The molecule has 1 atom stereocenters. The van der Waals surface area contributed by atoms with Crippen LogP contribution < -0.4 is 5.32 Å². The standard InChI is InChI=1S/C13H26N2O3/c1-5-11(12(16)17-4)14-10-13(2,3)15-6-8-18-9-7-15/h11,14H,5-10H2,1-4H3. The normalized spacial score (nSPS) is 19.6. The largest absolute Gasteiger partial charge is 0.468 e. The van der Waals surface area contributed by atoms with Gasteiger partial charge in [-0.1, -0.05) is 6.92 Å². The minimum Gasteiger partial charge on any atom is -0.468 e. The Hall–Kier alpha value is -0.650. The van der Waals surface area contributed by atoms with Crippen LogP contribution in [0.2, 0.25) is 0 Å². The average Bonchev–Trinajstić information content (AvgIpc) is 2.40. The number of nitrogens with zero attached hydrogens (tertiary/aromatic N) is 1. The summed E-state index contributed by atoms with van der Waals surface area (Å²) in [7, 11) is 1.43. The predicted octanol–water partition coefficient (Wildman–Crippen LogP) is 0.638. The van der Waals surface area contributed by atoms with Gasteiger partial charge in [-0.2, -0.15) is 0 Å². The molecule has 0 aromatic heterocycles. The van der Waals surface area contributed by atoms with E-state index in [4.69, 9.17) is 9.47 Å². The first-order chi connectivity index (χ1) is 8.51. The molecule has 0 radical (unpaired) electrons. The summed E-state index contributed by atoms with van der Waals surface area (Å²) >= 11 is 0. The zero-order chi connectivity index (χ0) is 13.6. The van der Waals surface area contributed by atoms with E-state index in [0.717, 1.165) is 39.3 Å². The molecule has 1 unspecified atom stereocenters. The minimum atomic E-state index is -0.213. The molecular weight excluding hydrogens is 232 g/mol. The summed E-state index contributed by atoms with van der Waals surface area (Å²) in [5.41, 5.74) is 0.0191. The van der Waals surface area contributed by atoms with Crippen molar-refractivity contribution in [2.45, 2.75) is 38.8 Å². The van der Waals surface area contributed by atoms with Gasteiger partial charge in [0.05, 0.1) is 20.3 Å². The molecule has 0 amide bonds. The van der Waals surface area contributed by atoms with Gasteiger partial charge in [-0.05, 0) is 20.3 Å². The SMILES string of the molecule is CCC(NCC(C)(C)N1CCOCC1)C(=O)OC. The molecule has 1 heterocycles. The van der Waals surface area contributed by atoms with Crippen molar-refractivity contribution in [1.29, 1.82) is 0 Å². The van der Waals surface area contributed by atoms with E-state index in [9.17, 15) is 4.79 Å². The highest BCUT2D eigenvalue weighted by Gasteiger charge is 2.29. The summed E-state index contributed by atoms with van der Waals surface area (Å²) in [4.78, 5) is 13.9. The lowest BCUT2D eigenvalue weighted by atomic mass is 10.0. The number of nitrogens with one attached hydrogen (secondary N) is 1. The maximum absolute atomic E-state index is 11.5. The number of carbonyl (C=O) groups is 1. The Morgan fingerprint density at radius 3 is 2.56 bits per heavy atom. The third-order valence-electron chi connectivity index (χ3n) is 3.54. The number of rotatable bonds is 6. The van der Waals surface area contributed by atoms with Gasteiger partial charge < -0.3 is 14.8 Å². The Bertz CT molecular complexity index is 263. The van der Waals surface area contributed by atoms with Crippen LogP contribution in [0.3, 0.4) is 0 Å². The number of hydrogen-bond acceptors (Lipinski definition) is 5. The Morgan fingerprint density at radius 1 is 1.44 bits per heavy atom. The second-order valence-corrected chi connectivity index (χ2v) is 5.28. The van der Waals surface area contributed by atoms with Gasteiger partial charge >= 0.3 is 5.97 Å². The Balaban J connectivity index is 2.46. The molecule has 0 bridgehead atoms. The number of carbonyl (C=O) groups excluding carboxylic acids is 1. The molecule has 5 heteroatoms. The van der Waals surface area contributed by atoms with E-state index in [1.807, 2.05) is 6.92 Å². The van der Waals surface area contributed by atoms with Crippen LogP contribution in [0.25, 0.3) is 0 Å². The molecule has 18 heavy (non-hydrogen) atoms. The van der Waals surface area contributed by atoms with Gasteiger partial charge in [0.1, 0.15) is 6.04 Å². The third kappa shape index (κ3) is 4.23. The highest BCUT2D eigenvalue weighted by atomic mass is 16.5. The van der Waals surface area contributed by atoms with Crippen molar-refractivity contribution in [2.75, 3.05) is 40.0 Å². The molecule has 1 aliphatic heterocycles. The molecule has 0 aromatic rings.